The predicted molar refractivity (Wildman–Crippen MR) is 92.5 cm³/mol. The third-order valence-corrected chi connectivity index (χ3v) is 3.60. The Bertz CT molecular complexity index is 725. The molecule has 134 valence electrons. The molecule has 0 radical (unpaired) electrons. The number of furan rings is 1. The second kappa shape index (κ2) is 7.88. The number of esters is 1. The molecular formula is C19H23NO5. The molecule has 0 spiro atoms. The van der Waals surface area contributed by atoms with Gasteiger partial charge in [-0.2, -0.15) is 0 Å². The van der Waals surface area contributed by atoms with Crippen LogP contribution in [0.3, 0.4) is 0 Å². The Morgan fingerprint density at radius 3 is 2.36 bits per heavy atom. The van der Waals surface area contributed by atoms with Gasteiger partial charge in [-0.15, -0.1) is 0 Å². The highest BCUT2D eigenvalue weighted by Crippen LogP contribution is 2.24. The molecule has 1 aromatic carbocycles. The fourth-order valence-electron chi connectivity index (χ4n) is 2.12. The summed E-state index contributed by atoms with van der Waals surface area (Å²) in [5.41, 5.74) is 1.27. The maximum absolute atomic E-state index is 11.8. The number of rotatable bonds is 6. The maximum atomic E-state index is 11.8. The summed E-state index contributed by atoms with van der Waals surface area (Å²) in [5.74, 6) is 0.356. The van der Waals surface area contributed by atoms with Crippen molar-refractivity contribution >= 4 is 11.9 Å². The fourth-order valence-corrected chi connectivity index (χ4v) is 2.12. The zero-order valence-electron chi connectivity index (χ0n) is 14.9. The van der Waals surface area contributed by atoms with Crippen LogP contribution in [0.15, 0.2) is 40.8 Å². The summed E-state index contributed by atoms with van der Waals surface area (Å²) < 4.78 is 15.3. The summed E-state index contributed by atoms with van der Waals surface area (Å²) in [5, 5.41) is 2.67. The molecule has 1 aromatic heterocycles. The van der Waals surface area contributed by atoms with E-state index in [0.717, 1.165) is 0 Å². The first-order chi connectivity index (χ1) is 11.8. The van der Waals surface area contributed by atoms with Crippen LogP contribution >= 0.6 is 0 Å². The summed E-state index contributed by atoms with van der Waals surface area (Å²) >= 11 is 0. The van der Waals surface area contributed by atoms with Crippen molar-refractivity contribution in [2.45, 2.75) is 32.7 Å². The highest BCUT2D eigenvalue weighted by molar-refractivity contribution is 5.86. The number of methoxy groups -OCH3 is 1. The second-order valence-corrected chi connectivity index (χ2v) is 6.60. The van der Waals surface area contributed by atoms with Gasteiger partial charge in [0.1, 0.15) is 11.5 Å². The van der Waals surface area contributed by atoms with E-state index in [1.807, 2.05) is 24.3 Å². The van der Waals surface area contributed by atoms with E-state index in [0.29, 0.717) is 11.5 Å². The highest BCUT2D eigenvalue weighted by Gasteiger charge is 2.14. The minimum Gasteiger partial charge on any atom is -0.484 e. The molecule has 0 aliphatic rings. The summed E-state index contributed by atoms with van der Waals surface area (Å²) in [7, 11) is 1.28. The quantitative estimate of drug-likeness (QED) is 0.814. The molecular weight excluding hydrogens is 322 g/mol. The third-order valence-electron chi connectivity index (χ3n) is 3.60. The van der Waals surface area contributed by atoms with Gasteiger partial charge in [0, 0.05) is 0 Å². The van der Waals surface area contributed by atoms with Gasteiger partial charge < -0.3 is 19.2 Å². The molecule has 0 atom stereocenters. The molecule has 1 N–H and O–H groups in total. The zero-order valence-corrected chi connectivity index (χ0v) is 14.9. The first-order valence-corrected chi connectivity index (χ1v) is 7.96. The summed E-state index contributed by atoms with van der Waals surface area (Å²) in [4.78, 5) is 23.1. The number of nitrogens with one attached hydrogen (secondary N) is 1. The Labute approximate surface area is 147 Å². The molecule has 0 bridgehead atoms. The minimum atomic E-state index is -0.556. The number of benzene rings is 1. The number of hydrogen-bond donors (Lipinski definition) is 1. The summed E-state index contributed by atoms with van der Waals surface area (Å²) in [6.07, 6.45) is 0. The van der Waals surface area contributed by atoms with Crippen molar-refractivity contribution < 1.29 is 23.5 Å². The lowest BCUT2D eigenvalue weighted by Crippen LogP contribution is -2.28. The Morgan fingerprint density at radius 1 is 1.08 bits per heavy atom. The molecule has 2 aromatic rings. The van der Waals surface area contributed by atoms with Crippen LogP contribution in [0.4, 0.5) is 0 Å². The first kappa shape index (κ1) is 18.6. The van der Waals surface area contributed by atoms with Crippen molar-refractivity contribution in [1.82, 2.24) is 5.32 Å². The van der Waals surface area contributed by atoms with Gasteiger partial charge >= 0.3 is 5.97 Å². The lowest BCUT2D eigenvalue weighted by molar-refractivity contribution is -0.123. The van der Waals surface area contributed by atoms with E-state index in [1.54, 1.807) is 6.07 Å². The molecule has 1 amide bonds. The van der Waals surface area contributed by atoms with Crippen molar-refractivity contribution in [1.29, 1.82) is 0 Å². The van der Waals surface area contributed by atoms with Gasteiger partial charge in [0.15, 0.2) is 6.61 Å². The number of carbonyl (C=O) groups is 2. The smallest absolute Gasteiger partial charge is 0.373 e. The molecule has 25 heavy (non-hydrogen) atoms. The minimum absolute atomic E-state index is 0.0714. The molecule has 6 nitrogen and oxygen atoms in total. The van der Waals surface area contributed by atoms with Gasteiger partial charge in [-0.3, -0.25) is 4.79 Å². The molecule has 0 fully saturated rings. The summed E-state index contributed by atoms with van der Waals surface area (Å²) in [6, 6.07) is 10.8. The van der Waals surface area contributed by atoms with Crippen LogP contribution in [0.5, 0.6) is 5.75 Å². The maximum Gasteiger partial charge on any atom is 0.373 e. The predicted octanol–water partition coefficient (Wildman–Crippen LogP) is 3.06. The van der Waals surface area contributed by atoms with Crippen molar-refractivity contribution in [2.24, 2.45) is 0 Å². The Kier molecular flexibility index (Phi) is 5.85. The average molecular weight is 345 g/mol. The van der Waals surface area contributed by atoms with Gasteiger partial charge in [0.25, 0.3) is 5.91 Å². The average Bonchev–Trinajstić information content (AvgIpc) is 3.06. The van der Waals surface area contributed by atoms with Crippen LogP contribution in [0, 0.1) is 0 Å². The number of ether oxygens (including phenoxy) is 2. The van der Waals surface area contributed by atoms with Gasteiger partial charge in [0.05, 0.1) is 13.7 Å². The molecule has 1 heterocycles. The zero-order chi connectivity index (χ0) is 18.4. The van der Waals surface area contributed by atoms with Gasteiger partial charge in [-0.25, -0.2) is 4.79 Å². The lowest BCUT2D eigenvalue weighted by Gasteiger charge is -2.19. The second-order valence-electron chi connectivity index (χ2n) is 6.60. The van der Waals surface area contributed by atoms with E-state index >= 15 is 0 Å². The highest BCUT2D eigenvalue weighted by atomic mass is 16.5. The molecule has 0 saturated heterocycles. The van der Waals surface area contributed by atoms with Crippen LogP contribution in [-0.4, -0.2) is 25.6 Å². The van der Waals surface area contributed by atoms with Crippen LogP contribution in [0.1, 0.15) is 42.6 Å². The molecule has 0 unspecified atom stereocenters. The molecule has 0 aliphatic carbocycles. The lowest BCUT2D eigenvalue weighted by atomic mass is 9.87. The van der Waals surface area contributed by atoms with Crippen LogP contribution in [0.25, 0.3) is 0 Å². The van der Waals surface area contributed by atoms with Crippen LogP contribution < -0.4 is 10.1 Å². The van der Waals surface area contributed by atoms with Crippen LogP contribution in [-0.2, 0) is 21.5 Å². The topological polar surface area (TPSA) is 77.8 Å². The number of carbonyl (C=O) groups excluding carboxylic acids is 2. The van der Waals surface area contributed by atoms with E-state index in [-0.39, 0.29) is 30.2 Å². The van der Waals surface area contributed by atoms with Gasteiger partial charge in [-0.05, 0) is 35.2 Å². The van der Waals surface area contributed by atoms with Gasteiger partial charge in [-0.1, -0.05) is 32.9 Å². The fraction of sp³-hybridized carbons (Fsp3) is 0.368. The third kappa shape index (κ3) is 5.38. The monoisotopic (exact) mass is 345 g/mol. The Hall–Kier alpha value is -2.76. The number of hydrogen-bond acceptors (Lipinski definition) is 5. The van der Waals surface area contributed by atoms with Crippen LogP contribution in [0.2, 0.25) is 0 Å². The van der Waals surface area contributed by atoms with Crippen molar-refractivity contribution in [3.63, 3.8) is 0 Å². The molecule has 0 saturated carbocycles. The largest absolute Gasteiger partial charge is 0.484 e. The van der Waals surface area contributed by atoms with Crippen molar-refractivity contribution in [3.05, 3.63) is 53.5 Å². The van der Waals surface area contributed by atoms with E-state index in [2.05, 4.69) is 30.8 Å². The van der Waals surface area contributed by atoms with E-state index in [1.165, 1.54) is 18.7 Å². The van der Waals surface area contributed by atoms with Crippen molar-refractivity contribution in [2.75, 3.05) is 13.7 Å². The standard InChI is InChI=1S/C19H23NO5/c1-19(2,3)13-5-7-14(8-6-13)24-12-17(21)20-11-15-9-10-16(25-15)18(22)23-4/h5-10H,11-12H2,1-4H3,(H,20,21). The van der Waals surface area contributed by atoms with E-state index < -0.39 is 5.97 Å². The molecule has 6 heteroatoms. The first-order valence-electron chi connectivity index (χ1n) is 7.96. The van der Waals surface area contributed by atoms with E-state index in [4.69, 9.17) is 9.15 Å². The number of amides is 1. The van der Waals surface area contributed by atoms with E-state index in [9.17, 15) is 9.59 Å². The summed E-state index contributed by atoms with van der Waals surface area (Å²) in [6.45, 7) is 6.48. The van der Waals surface area contributed by atoms with Crippen molar-refractivity contribution in [3.8, 4) is 5.75 Å². The SMILES string of the molecule is COC(=O)c1ccc(CNC(=O)COc2ccc(C(C)(C)C)cc2)o1. The Balaban J connectivity index is 1.79. The molecule has 2 rings (SSSR count). The van der Waals surface area contributed by atoms with Gasteiger partial charge in [0.2, 0.25) is 5.76 Å². The molecule has 0 aliphatic heterocycles. The Morgan fingerprint density at radius 2 is 1.76 bits per heavy atom. The normalized spacial score (nSPS) is 11.0.